The van der Waals surface area contributed by atoms with Gasteiger partial charge < -0.3 is 24.4 Å². The second-order valence-corrected chi connectivity index (χ2v) is 3.16. The Bertz CT molecular complexity index is 313. The first-order valence-electron chi connectivity index (χ1n) is 4.51. The van der Waals surface area contributed by atoms with Crippen molar-refractivity contribution in [3.63, 3.8) is 0 Å². The van der Waals surface area contributed by atoms with Crippen molar-refractivity contribution >= 4 is 0 Å². The van der Waals surface area contributed by atoms with Gasteiger partial charge in [-0.1, -0.05) is 12.1 Å². The molecule has 0 spiro atoms. The number of rotatable bonds is 2. The third-order valence-corrected chi connectivity index (χ3v) is 2.16. The summed E-state index contributed by atoms with van der Waals surface area (Å²) in [5.74, 6) is 0.720. The fraction of sp³-hybridized carbons (Fsp3) is 0.400. The van der Waals surface area contributed by atoms with Gasteiger partial charge in [0.25, 0.3) is 0 Å². The van der Waals surface area contributed by atoms with Gasteiger partial charge in [0, 0.05) is 5.56 Å². The monoisotopic (exact) mass is 212 g/mol. The normalized spacial score (nSPS) is 26.9. The van der Waals surface area contributed by atoms with Crippen molar-refractivity contribution in [1.82, 2.24) is 0 Å². The molecule has 0 aliphatic carbocycles. The number of aliphatic hydroxyl groups is 2. The van der Waals surface area contributed by atoms with Crippen molar-refractivity contribution in [2.24, 2.45) is 0 Å². The first-order valence-corrected chi connectivity index (χ1v) is 4.51. The second-order valence-electron chi connectivity index (χ2n) is 3.16. The third-order valence-electron chi connectivity index (χ3n) is 2.16. The van der Waals surface area contributed by atoms with Gasteiger partial charge in [-0.05, 0) is 12.1 Å². The van der Waals surface area contributed by atoms with Crippen molar-refractivity contribution in [2.45, 2.75) is 18.9 Å². The molecule has 1 aromatic rings. The minimum Gasteiger partial charge on any atom is -0.497 e. The van der Waals surface area contributed by atoms with Crippen LogP contribution in [0.5, 0.6) is 5.75 Å². The molecule has 1 aliphatic heterocycles. The van der Waals surface area contributed by atoms with E-state index in [1.807, 2.05) is 0 Å². The molecule has 1 fully saturated rings. The lowest BCUT2D eigenvalue weighted by Crippen LogP contribution is -2.20. The van der Waals surface area contributed by atoms with E-state index in [2.05, 4.69) is 0 Å². The molecule has 0 aromatic heterocycles. The van der Waals surface area contributed by atoms with E-state index in [9.17, 15) is 0 Å². The molecule has 5 nitrogen and oxygen atoms in total. The Morgan fingerprint density at radius 2 is 1.60 bits per heavy atom. The van der Waals surface area contributed by atoms with Crippen molar-refractivity contribution in [3.05, 3.63) is 29.8 Å². The highest BCUT2D eigenvalue weighted by Crippen LogP contribution is 2.29. The Morgan fingerprint density at radius 3 is 2.07 bits per heavy atom. The zero-order valence-corrected chi connectivity index (χ0v) is 8.16. The summed E-state index contributed by atoms with van der Waals surface area (Å²) >= 11 is 0. The van der Waals surface area contributed by atoms with Crippen molar-refractivity contribution < 1.29 is 24.4 Å². The van der Waals surface area contributed by atoms with Crippen LogP contribution in [0.1, 0.15) is 11.9 Å². The highest BCUT2D eigenvalue weighted by Gasteiger charge is 2.34. The Hall–Kier alpha value is -1.14. The van der Waals surface area contributed by atoms with Gasteiger partial charge in [-0.3, -0.25) is 0 Å². The van der Waals surface area contributed by atoms with Crippen LogP contribution in [0.2, 0.25) is 0 Å². The molecule has 2 N–H and O–H groups in total. The van der Waals surface area contributed by atoms with Crippen LogP contribution in [0.25, 0.3) is 0 Å². The highest BCUT2D eigenvalue weighted by atomic mass is 16.8. The summed E-state index contributed by atoms with van der Waals surface area (Å²) in [6, 6.07) is 6.99. The van der Waals surface area contributed by atoms with Crippen LogP contribution in [0, 0.1) is 0 Å². The van der Waals surface area contributed by atoms with E-state index >= 15 is 0 Å². The molecule has 0 amide bonds. The summed E-state index contributed by atoms with van der Waals surface area (Å²) in [7, 11) is 1.57. The Morgan fingerprint density at radius 1 is 1.07 bits per heavy atom. The quantitative estimate of drug-likeness (QED) is 0.741. The van der Waals surface area contributed by atoms with Crippen LogP contribution in [-0.2, 0) is 9.47 Å². The average Bonchev–Trinajstić information content (AvgIpc) is 2.59. The smallest absolute Gasteiger partial charge is 0.209 e. The maximum atomic E-state index is 9.11. The van der Waals surface area contributed by atoms with E-state index in [0.29, 0.717) is 5.56 Å². The van der Waals surface area contributed by atoms with Crippen molar-refractivity contribution in [3.8, 4) is 5.75 Å². The lowest BCUT2D eigenvalue weighted by Gasteiger charge is -2.09. The van der Waals surface area contributed by atoms with Gasteiger partial charge in [-0.25, -0.2) is 0 Å². The van der Waals surface area contributed by atoms with Crippen LogP contribution in [0.3, 0.4) is 0 Å². The number of hydrogen-bond donors (Lipinski definition) is 2. The van der Waals surface area contributed by atoms with E-state index in [1.54, 1.807) is 31.4 Å². The molecule has 0 unspecified atom stereocenters. The minimum absolute atomic E-state index is 0.714. The lowest BCUT2D eigenvalue weighted by atomic mass is 10.2. The summed E-state index contributed by atoms with van der Waals surface area (Å²) in [6.07, 6.45) is -3.32. The summed E-state index contributed by atoms with van der Waals surface area (Å²) in [4.78, 5) is 0. The summed E-state index contributed by atoms with van der Waals surface area (Å²) in [5, 5.41) is 18.2. The molecule has 0 saturated carbocycles. The molecule has 1 saturated heterocycles. The van der Waals surface area contributed by atoms with Gasteiger partial charge in [0.2, 0.25) is 12.6 Å². The Balaban J connectivity index is 2.10. The van der Waals surface area contributed by atoms with E-state index in [0.717, 1.165) is 5.75 Å². The second kappa shape index (κ2) is 4.16. The van der Waals surface area contributed by atoms with Crippen LogP contribution in [0.4, 0.5) is 0 Å². The maximum Gasteiger partial charge on any atom is 0.209 e. The topological polar surface area (TPSA) is 68.2 Å². The van der Waals surface area contributed by atoms with Gasteiger partial charge >= 0.3 is 0 Å². The lowest BCUT2D eigenvalue weighted by molar-refractivity contribution is -0.133. The first kappa shape index (κ1) is 10.4. The van der Waals surface area contributed by atoms with Gasteiger partial charge in [0.15, 0.2) is 6.29 Å². The fourth-order valence-electron chi connectivity index (χ4n) is 1.34. The van der Waals surface area contributed by atoms with Crippen molar-refractivity contribution in [2.75, 3.05) is 7.11 Å². The number of ether oxygens (including phenoxy) is 3. The van der Waals surface area contributed by atoms with Crippen LogP contribution >= 0.6 is 0 Å². The first-order chi connectivity index (χ1) is 7.20. The van der Waals surface area contributed by atoms with E-state index in [-0.39, 0.29) is 0 Å². The van der Waals surface area contributed by atoms with Crippen LogP contribution < -0.4 is 4.74 Å². The summed E-state index contributed by atoms with van der Waals surface area (Å²) < 4.78 is 14.9. The van der Waals surface area contributed by atoms with Gasteiger partial charge in [0.1, 0.15) is 5.75 Å². The number of methoxy groups -OCH3 is 1. The van der Waals surface area contributed by atoms with Crippen LogP contribution in [0.15, 0.2) is 24.3 Å². The summed E-state index contributed by atoms with van der Waals surface area (Å²) in [6.45, 7) is 0. The molecule has 1 aromatic carbocycles. The number of benzene rings is 1. The Kier molecular flexibility index (Phi) is 2.88. The minimum atomic E-state index is -1.29. The molecule has 2 atom stereocenters. The molecule has 0 bridgehead atoms. The van der Waals surface area contributed by atoms with Gasteiger partial charge in [-0.15, -0.1) is 0 Å². The number of aliphatic hydroxyl groups excluding tert-OH is 2. The van der Waals surface area contributed by atoms with E-state index in [1.165, 1.54) is 0 Å². The molecule has 0 radical (unpaired) electrons. The maximum absolute atomic E-state index is 9.11. The molecule has 15 heavy (non-hydrogen) atoms. The third kappa shape index (κ3) is 2.10. The summed E-state index contributed by atoms with van der Waals surface area (Å²) in [5.41, 5.74) is 0.714. The predicted molar refractivity (Wildman–Crippen MR) is 49.9 cm³/mol. The Labute approximate surface area is 86.8 Å². The molecular formula is C10H12O5. The molecular weight excluding hydrogens is 200 g/mol. The fourth-order valence-corrected chi connectivity index (χ4v) is 1.34. The van der Waals surface area contributed by atoms with Gasteiger partial charge in [0.05, 0.1) is 7.11 Å². The van der Waals surface area contributed by atoms with Gasteiger partial charge in [-0.2, -0.15) is 0 Å². The highest BCUT2D eigenvalue weighted by molar-refractivity contribution is 5.28. The molecule has 82 valence electrons. The molecule has 1 heterocycles. The zero-order valence-electron chi connectivity index (χ0n) is 8.16. The zero-order chi connectivity index (χ0) is 10.8. The standard InChI is InChI=1S/C10H12O5/c1-13-7-4-2-6(3-5-7)10-14-8(11)9(12)15-10/h2-5,8-12H,1H3/t8-,9-/m0/s1. The van der Waals surface area contributed by atoms with Crippen molar-refractivity contribution in [1.29, 1.82) is 0 Å². The molecule has 5 heteroatoms. The molecule has 1 aliphatic rings. The average molecular weight is 212 g/mol. The van der Waals surface area contributed by atoms with E-state index in [4.69, 9.17) is 24.4 Å². The largest absolute Gasteiger partial charge is 0.497 e. The SMILES string of the molecule is COc1ccc(C2O[C@H](O)[C@@H](O)O2)cc1. The molecule has 2 rings (SSSR count). The predicted octanol–water partition coefficient (Wildman–Crippen LogP) is 0.377. The number of hydrogen-bond acceptors (Lipinski definition) is 5. The van der Waals surface area contributed by atoms with Crippen LogP contribution in [-0.4, -0.2) is 29.9 Å². The van der Waals surface area contributed by atoms with E-state index < -0.39 is 18.9 Å².